The molecule has 0 bridgehead atoms. The fourth-order valence-electron chi connectivity index (χ4n) is 2.10. The van der Waals surface area contributed by atoms with Crippen LogP contribution in [0.3, 0.4) is 0 Å². The molecular formula is C13H11BrFNO5. The van der Waals surface area contributed by atoms with Crippen molar-refractivity contribution in [2.45, 2.75) is 12.5 Å². The molecule has 1 aromatic carbocycles. The zero-order chi connectivity index (χ0) is 15.9. The summed E-state index contributed by atoms with van der Waals surface area (Å²) in [5, 5.41) is 10.0. The second-order valence-corrected chi connectivity index (χ2v) is 5.62. The minimum Gasteiger partial charge on any atom is -0.467 e. The summed E-state index contributed by atoms with van der Waals surface area (Å²) in [6.45, 7) is 0.674. The topological polar surface area (TPSA) is 83.9 Å². The van der Waals surface area contributed by atoms with E-state index in [1.807, 2.05) is 0 Å². The largest absolute Gasteiger partial charge is 0.467 e. The number of hydrogen-bond donors (Lipinski definition) is 1. The second-order valence-electron chi connectivity index (χ2n) is 4.77. The van der Waals surface area contributed by atoms with Crippen LogP contribution in [0.1, 0.15) is 17.3 Å². The van der Waals surface area contributed by atoms with E-state index in [9.17, 15) is 23.9 Å². The minimum absolute atomic E-state index is 0.118. The number of ketones is 1. The first-order valence-electron chi connectivity index (χ1n) is 5.85. The van der Waals surface area contributed by atoms with E-state index in [1.165, 1.54) is 0 Å². The number of hydrogen-bond acceptors (Lipinski definition) is 5. The van der Waals surface area contributed by atoms with Crippen molar-refractivity contribution < 1.29 is 28.6 Å². The van der Waals surface area contributed by atoms with Crippen molar-refractivity contribution in [3.63, 3.8) is 0 Å². The van der Waals surface area contributed by atoms with Crippen LogP contribution in [0.15, 0.2) is 16.6 Å². The molecule has 0 fully saturated rings. The van der Waals surface area contributed by atoms with E-state index in [4.69, 9.17) is 0 Å². The Morgan fingerprint density at radius 1 is 1.48 bits per heavy atom. The number of carbonyl (C=O) groups is 3. The molecule has 1 aromatic rings. The van der Waals surface area contributed by atoms with Crippen molar-refractivity contribution in [2.75, 3.05) is 18.6 Å². The van der Waals surface area contributed by atoms with Gasteiger partial charge in [0.15, 0.2) is 5.60 Å². The first-order valence-corrected chi connectivity index (χ1v) is 6.64. The molecule has 1 amide bonds. The maximum absolute atomic E-state index is 13.3. The molecule has 1 heterocycles. The van der Waals surface area contributed by atoms with Crippen molar-refractivity contribution in [1.29, 1.82) is 0 Å². The number of Topliss-reactive ketones (excluding diaryl/α,β-unsaturated/α-hetero) is 1. The van der Waals surface area contributed by atoms with Crippen LogP contribution >= 0.6 is 15.9 Å². The number of benzene rings is 1. The lowest BCUT2D eigenvalue weighted by molar-refractivity contribution is -0.159. The SMILES string of the molecule is COC(=O)C(C)(O)CN1C(=O)C(=O)c2cc(F)cc(Br)c21. The van der Waals surface area contributed by atoms with E-state index in [1.54, 1.807) is 0 Å². The number of anilines is 1. The van der Waals surface area contributed by atoms with Gasteiger partial charge in [-0.05, 0) is 35.0 Å². The van der Waals surface area contributed by atoms with Crippen LogP contribution in [0, 0.1) is 5.82 Å². The highest BCUT2D eigenvalue weighted by Crippen LogP contribution is 2.37. The summed E-state index contributed by atoms with van der Waals surface area (Å²) < 4.78 is 18.0. The molecule has 0 spiro atoms. The predicted octanol–water partition coefficient (Wildman–Crippen LogP) is 1.04. The van der Waals surface area contributed by atoms with Crippen molar-refractivity contribution >= 4 is 39.3 Å². The standard InChI is InChI=1S/C13H11BrFNO5/c1-13(20,12(19)21-2)5-16-9-7(10(17)11(16)18)3-6(15)4-8(9)14/h3-4,20H,5H2,1-2H3. The summed E-state index contributed by atoms with van der Waals surface area (Å²) in [6.07, 6.45) is 0. The number of β-amino-alcohol motifs (C(OH)–C–C–N with tert-alkyl or cyclic N) is 1. The fourth-order valence-corrected chi connectivity index (χ4v) is 2.74. The van der Waals surface area contributed by atoms with Gasteiger partial charge >= 0.3 is 5.97 Å². The molecule has 1 atom stereocenters. The highest BCUT2D eigenvalue weighted by Gasteiger charge is 2.43. The Morgan fingerprint density at radius 3 is 2.67 bits per heavy atom. The van der Waals surface area contributed by atoms with Gasteiger partial charge in [-0.3, -0.25) is 9.59 Å². The molecule has 1 aliphatic heterocycles. The molecule has 0 radical (unpaired) electrons. The number of nitrogens with zero attached hydrogens (tertiary/aromatic N) is 1. The van der Waals surface area contributed by atoms with Crippen LogP contribution in [0.4, 0.5) is 10.1 Å². The van der Waals surface area contributed by atoms with Gasteiger partial charge in [0.25, 0.3) is 11.7 Å². The third kappa shape index (κ3) is 2.56. The number of methoxy groups -OCH3 is 1. The van der Waals surface area contributed by atoms with E-state index in [0.29, 0.717) is 0 Å². The number of halogens is 2. The lowest BCUT2D eigenvalue weighted by Gasteiger charge is -2.27. The Balaban J connectivity index is 2.47. The number of carbonyl (C=O) groups excluding carboxylic acids is 3. The number of aliphatic hydroxyl groups is 1. The van der Waals surface area contributed by atoms with Crippen molar-refractivity contribution in [3.8, 4) is 0 Å². The quantitative estimate of drug-likeness (QED) is 0.643. The summed E-state index contributed by atoms with van der Waals surface area (Å²) in [5.41, 5.74) is -2.00. The van der Waals surface area contributed by atoms with Gasteiger partial charge in [0.05, 0.1) is 24.9 Å². The molecule has 2 rings (SSSR count). The predicted molar refractivity (Wildman–Crippen MR) is 73.4 cm³/mol. The normalized spacial score (nSPS) is 16.7. The van der Waals surface area contributed by atoms with E-state index in [0.717, 1.165) is 31.1 Å². The van der Waals surface area contributed by atoms with Gasteiger partial charge in [-0.25, -0.2) is 9.18 Å². The molecule has 1 N–H and O–H groups in total. The summed E-state index contributed by atoms with van der Waals surface area (Å²) in [7, 11) is 1.09. The van der Waals surface area contributed by atoms with Gasteiger partial charge < -0.3 is 14.7 Å². The molecule has 0 saturated heterocycles. The molecule has 0 saturated carbocycles. The monoisotopic (exact) mass is 359 g/mol. The lowest BCUT2D eigenvalue weighted by Crippen LogP contribution is -2.49. The maximum Gasteiger partial charge on any atom is 0.339 e. The zero-order valence-corrected chi connectivity index (χ0v) is 12.7. The molecule has 1 unspecified atom stereocenters. The number of rotatable bonds is 3. The van der Waals surface area contributed by atoms with Crippen LogP contribution in [-0.2, 0) is 14.3 Å². The number of esters is 1. The van der Waals surface area contributed by atoms with Gasteiger partial charge in [0.2, 0.25) is 0 Å². The molecule has 1 aliphatic rings. The average Bonchev–Trinajstić information content (AvgIpc) is 2.63. The van der Waals surface area contributed by atoms with Gasteiger partial charge in [-0.15, -0.1) is 0 Å². The third-order valence-electron chi connectivity index (χ3n) is 3.07. The number of ether oxygens (including phenoxy) is 1. The van der Waals surface area contributed by atoms with Crippen molar-refractivity contribution in [1.82, 2.24) is 0 Å². The molecule has 112 valence electrons. The zero-order valence-electron chi connectivity index (χ0n) is 11.1. The van der Waals surface area contributed by atoms with Crippen LogP contribution in [-0.4, -0.2) is 42.0 Å². The van der Waals surface area contributed by atoms with Gasteiger partial charge in [-0.2, -0.15) is 0 Å². The first-order chi connectivity index (χ1) is 9.69. The van der Waals surface area contributed by atoms with Gasteiger partial charge in [0, 0.05) is 4.47 Å². The highest BCUT2D eigenvalue weighted by atomic mass is 79.9. The van der Waals surface area contributed by atoms with Crippen LogP contribution in [0.25, 0.3) is 0 Å². The third-order valence-corrected chi connectivity index (χ3v) is 3.68. The van der Waals surface area contributed by atoms with Crippen molar-refractivity contribution in [3.05, 3.63) is 28.0 Å². The summed E-state index contributed by atoms with van der Waals surface area (Å²) in [4.78, 5) is 36.3. The Bertz CT molecular complexity index is 658. The smallest absolute Gasteiger partial charge is 0.339 e. The Labute approximate surface area is 127 Å². The van der Waals surface area contributed by atoms with E-state index >= 15 is 0 Å². The van der Waals surface area contributed by atoms with Crippen LogP contribution in [0.2, 0.25) is 0 Å². The molecule has 0 aromatic heterocycles. The van der Waals surface area contributed by atoms with Gasteiger partial charge in [0.1, 0.15) is 5.82 Å². The Morgan fingerprint density at radius 2 is 2.10 bits per heavy atom. The summed E-state index contributed by atoms with van der Waals surface area (Å²) >= 11 is 3.07. The maximum atomic E-state index is 13.3. The molecule has 0 aliphatic carbocycles. The van der Waals surface area contributed by atoms with Gasteiger partial charge in [-0.1, -0.05) is 0 Å². The van der Waals surface area contributed by atoms with E-state index in [-0.39, 0.29) is 15.7 Å². The van der Waals surface area contributed by atoms with E-state index < -0.39 is 35.6 Å². The van der Waals surface area contributed by atoms with Crippen molar-refractivity contribution in [2.24, 2.45) is 0 Å². The minimum atomic E-state index is -2.00. The fraction of sp³-hybridized carbons (Fsp3) is 0.308. The number of amides is 1. The summed E-state index contributed by atoms with van der Waals surface area (Å²) in [5.74, 6) is -3.47. The van der Waals surface area contributed by atoms with Crippen LogP contribution in [0.5, 0.6) is 0 Å². The Hall–Kier alpha value is -1.80. The molecular weight excluding hydrogens is 349 g/mol. The van der Waals surface area contributed by atoms with Crippen LogP contribution < -0.4 is 4.90 Å². The second kappa shape index (κ2) is 5.19. The Kier molecular flexibility index (Phi) is 3.85. The molecule has 6 nitrogen and oxygen atoms in total. The average molecular weight is 360 g/mol. The van der Waals surface area contributed by atoms with E-state index in [2.05, 4.69) is 20.7 Å². The molecule has 21 heavy (non-hydrogen) atoms. The summed E-state index contributed by atoms with van der Waals surface area (Å²) in [6, 6.07) is 2.03. The highest BCUT2D eigenvalue weighted by molar-refractivity contribution is 9.10. The lowest BCUT2D eigenvalue weighted by atomic mass is 10.1. The number of fused-ring (bicyclic) bond motifs is 1. The first kappa shape index (κ1) is 15.6. The molecule has 8 heteroatoms.